The average molecular weight is 379 g/mol. The summed E-state index contributed by atoms with van der Waals surface area (Å²) in [4.78, 5) is 29.7. The molecule has 8 nitrogen and oxygen atoms in total. The van der Waals surface area contributed by atoms with Gasteiger partial charge >= 0.3 is 0 Å². The fraction of sp³-hybridized carbons (Fsp3) is 0.222. The van der Waals surface area contributed by atoms with Crippen LogP contribution in [0.4, 0.5) is 0 Å². The lowest BCUT2D eigenvalue weighted by Gasteiger charge is -2.00. The molecule has 0 unspecified atom stereocenters. The van der Waals surface area contributed by atoms with Gasteiger partial charge in [0.2, 0.25) is 5.82 Å². The minimum Gasteiger partial charge on any atom is -0.349 e. The van der Waals surface area contributed by atoms with E-state index in [4.69, 9.17) is 0 Å². The van der Waals surface area contributed by atoms with E-state index in [0.29, 0.717) is 18.7 Å². The molecule has 4 aromatic heterocycles. The van der Waals surface area contributed by atoms with Crippen LogP contribution in [-0.2, 0) is 6.42 Å². The highest BCUT2D eigenvalue weighted by Gasteiger charge is 2.15. The summed E-state index contributed by atoms with van der Waals surface area (Å²) in [7, 11) is 0. The summed E-state index contributed by atoms with van der Waals surface area (Å²) >= 11 is 1.55. The van der Waals surface area contributed by atoms with Gasteiger partial charge in [-0.15, -0.1) is 16.4 Å². The first-order valence-corrected chi connectivity index (χ1v) is 9.33. The third-order valence-corrected chi connectivity index (χ3v) is 4.83. The van der Waals surface area contributed by atoms with E-state index in [1.54, 1.807) is 22.0 Å². The van der Waals surface area contributed by atoms with Crippen LogP contribution in [0.2, 0.25) is 0 Å². The molecule has 4 rings (SSSR count). The van der Waals surface area contributed by atoms with Crippen molar-refractivity contribution in [2.75, 3.05) is 6.54 Å². The van der Waals surface area contributed by atoms with E-state index in [-0.39, 0.29) is 11.7 Å². The van der Waals surface area contributed by atoms with Crippen molar-refractivity contribution in [3.8, 4) is 11.4 Å². The van der Waals surface area contributed by atoms with E-state index < -0.39 is 0 Å². The molecule has 1 N–H and O–H groups in total. The summed E-state index contributed by atoms with van der Waals surface area (Å²) in [6.45, 7) is 4.24. The smallest absolute Gasteiger partial charge is 0.291 e. The van der Waals surface area contributed by atoms with Crippen LogP contribution >= 0.6 is 11.3 Å². The van der Waals surface area contributed by atoms with Crippen molar-refractivity contribution in [2.45, 2.75) is 20.3 Å². The first-order chi connectivity index (χ1) is 13.1. The molecule has 4 heterocycles. The van der Waals surface area contributed by atoms with Crippen LogP contribution in [0.25, 0.3) is 17.2 Å². The lowest BCUT2D eigenvalue weighted by atomic mass is 10.3. The van der Waals surface area contributed by atoms with Crippen LogP contribution in [0.3, 0.4) is 0 Å². The highest BCUT2D eigenvalue weighted by Crippen LogP contribution is 2.19. The molecule has 0 fully saturated rings. The van der Waals surface area contributed by atoms with Crippen LogP contribution in [-0.4, -0.2) is 42.0 Å². The third kappa shape index (κ3) is 3.68. The molecule has 0 saturated carbocycles. The standard InChI is InChI=1S/C18H17N7OS/c1-11-9-12(2)25-18(21-11)23-16(24-25)17(26)20-8-6-15-22-14(10-27-15)13-5-3-4-7-19-13/h3-5,7,9-10H,6,8H2,1-2H3,(H,20,26). The number of hydrogen-bond acceptors (Lipinski definition) is 7. The summed E-state index contributed by atoms with van der Waals surface area (Å²) in [6, 6.07) is 7.62. The van der Waals surface area contributed by atoms with Gasteiger partial charge in [0.15, 0.2) is 0 Å². The first kappa shape index (κ1) is 17.2. The quantitative estimate of drug-likeness (QED) is 0.571. The number of fused-ring (bicyclic) bond motifs is 1. The van der Waals surface area contributed by atoms with Crippen LogP contribution in [0.1, 0.15) is 27.0 Å². The monoisotopic (exact) mass is 379 g/mol. The van der Waals surface area contributed by atoms with Gasteiger partial charge in [0.25, 0.3) is 11.7 Å². The SMILES string of the molecule is Cc1cc(C)n2nc(C(=O)NCCc3nc(-c4ccccn4)cs3)nc2n1. The highest BCUT2D eigenvalue weighted by molar-refractivity contribution is 7.09. The number of thiazole rings is 1. The van der Waals surface area contributed by atoms with E-state index in [2.05, 4.69) is 30.4 Å². The molecule has 1 amide bonds. The molecule has 0 aliphatic rings. The van der Waals surface area contributed by atoms with Crippen molar-refractivity contribution in [1.29, 1.82) is 0 Å². The summed E-state index contributed by atoms with van der Waals surface area (Å²) in [5, 5.41) is 9.98. The minimum absolute atomic E-state index is 0.115. The number of amides is 1. The van der Waals surface area contributed by atoms with Gasteiger partial charge in [0.05, 0.1) is 16.4 Å². The molecule has 0 bridgehead atoms. The molecule has 4 aromatic rings. The Morgan fingerprint density at radius 3 is 2.89 bits per heavy atom. The molecule has 136 valence electrons. The van der Waals surface area contributed by atoms with Gasteiger partial charge in [-0.1, -0.05) is 6.07 Å². The Labute approximate surface area is 159 Å². The zero-order valence-corrected chi connectivity index (χ0v) is 15.7. The number of rotatable bonds is 5. The summed E-state index contributed by atoms with van der Waals surface area (Å²) < 4.78 is 1.57. The number of carbonyl (C=O) groups excluding carboxylic acids is 1. The van der Waals surface area contributed by atoms with Gasteiger partial charge in [0, 0.05) is 35.9 Å². The van der Waals surface area contributed by atoms with Crippen molar-refractivity contribution in [2.24, 2.45) is 0 Å². The summed E-state index contributed by atoms with van der Waals surface area (Å²) in [6.07, 6.45) is 2.38. The molecule has 0 aliphatic heterocycles. The Morgan fingerprint density at radius 2 is 2.07 bits per heavy atom. The number of aryl methyl sites for hydroxylation is 2. The Kier molecular flexibility index (Phi) is 4.59. The topological polar surface area (TPSA) is 98.0 Å². The van der Waals surface area contributed by atoms with Crippen LogP contribution < -0.4 is 5.32 Å². The molecule has 0 radical (unpaired) electrons. The Bertz CT molecular complexity index is 1100. The van der Waals surface area contributed by atoms with Crippen molar-refractivity contribution >= 4 is 23.0 Å². The maximum absolute atomic E-state index is 12.3. The molecule has 27 heavy (non-hydrogen) atoms. The number of aromatic nitrogens is 6. The van der Waals surface area contributed by atoms with Gasteiger partial charge < -0.3 is 5.32 Å². The number of carbonyl (C=O) groups is 1. The molecule has 0 spiro atoms. The molecule has 0 aliphatic carbocycles. The summed E-state index contributed by atoms with van der Waals surface area (Å²) in [5.41, 5.74) is 3.41. The lowest BCUT2D eigenvalue weighted by Crippen LogP contribution is -2.26. The Hall–Kier alpha value is -3.20. The van der Waals surface area contributed by atoms with Crippen molar-refractivity contribution < 1.29 is 4.79 Å². The largest absolute Gasteiger partial charge is 0.349 e. The molecular weight excluding hydrogens is 362 g/mol. The third-order valence-electron chi connectivity index (χ3n) is 3.92. The fourth-order valence-electron chi connectivity index (χ4n) is 2.68. The first-order valence-electron chi connectivity index (χ1n) is 8.45. The van der Waals surface area contributed by atoms with E-state index in [1.165, 1.54) is 0 Å². The Balaban J connectivity index is 1.39. The second-order valence-corrected chi connectivity index (χ2v) is 6.98. The van der Waals surface area contributed by atoms with Crippen molar-refractivity contribution in [3.05, 3.63) is 58.1 Å². The summed E-state index contributed by atoms with van der Waals surface area (Å²) in [5.74, 6) is 0.223. The van der Waals surface area contributed by atoms with E-state index in [9.17, 15) is 4.79 Å². The fourth-order valence-corrected chi connectivity index (χ4v) is 3.47. The number of nitrogens with one attached hydrogen (secondary N) is 1. The van der Waals surface area contributed by atoms with Gasteiger partial charge in [-0.25, -0.2) is 14.5 Å². The number of pyridine rings is 1. The van der Waals surface area contributed by atoms with Gasteiger partial charge in [-0.05, 0) is 32.0 Å². The molecule has 9 heteroatoms. The normalized spacial score (nSPS) is 11.0. The predicted octanol–water partition coefficient (Wildman–Crippen LogP) is 2.23. The van der Waals surface area contributed by atoms with Gasteiger partial charge in [0.1, 0.15) is 0 Å². The molecule has 0 saturated heterocycles. The zero-order chi connectivity index (χ0) is 18.8. The van der Waals surface area contributed by atoms with E-state index in [1.807, 2.05) is 43.5 Å². The molecule has 0 aromatic carbocycles. The van der Waals surface area contributed by atoms with Gasteiger partial charge in [-0.2, -0.15) is 4.98 Å². The van der Waals surface area contributed by atoms with Crippen LogP contribution in [0.15, 0.2) is 35.8 Å². The lowest BCUT2D eigenvalue weighted by molar-refractivity contribution is 0.0944. The van der Waals surface area contributed by atoms with Crippen molar-refractivity contribution in [1.82, 2.24) is 34.9 Å². The second kappa shape index (κ2) is 7.20. The van der Waals surface area contributed by atoms with Crippen LogP contribution in [0.5, 0.6) is 0 Å². The number of nitrogens with zero attached hydrogens (tertiary/aromatic N) is 6. The second-order valence-electron chi connectivity index (χ2n) is 6.03. The molecular formula is C18H17N7OS. The van der Waals surface area contributed by atoms with Crippen molar-refractivity contribution in [3.63, 3.8) is 0 Å². The minimum atomic E-state index is -0.320. The van der Waals surface area contributed by atoms with Gasteiger partial charge in [-0.3, -0.25) is 9.78 Å². The zero-order valence-electron chi connectivity index (χ0n) is 14.9. The van der Waals surface area contributed by atoms with Crippen LogP contribution in [0, 0.1) is 13.8 Å². The Morgan fingerprint density at radius 1 is 1.19 bits per heavy atom. The maximum atomic E-state index is 12.3. The maximum Gasteiger partial charge on any atom is 0.291 e. The highest BCUT2D eigenvalue weighted by atomic mass is 32.1. The average Bonchev–Trinajstić information content (AvgIpc) is 3.29. The predicted molar refractivity (Wildman–Crippen MR) is 102 cm³/mol. The van der Waals surface area contributed by atoms with E-state index in [0.717, 1.165) is 27.8 Å². The van der Waals surface area contributed by atoms with E-state index >= 15 is 0 Å². The number of hydrogen-bond donors (Lipinski definition) is 1. The molecule has 0 atom stereocenters.